The SMILES string of the molecule is CC(NC(C)c1ccccc1O)c1cccs1. The van der Waals surface area contributed by atoms with E-state index >= 15 is 0 Å². The Morgan fingerprint density at radius 1 is 1.06 bits per heavy atom. The smallest absolute Gasteiger partial charge is 0.120 e. The Hall–Kier alpha value is -1.32. The third-order valence-electron chi connectivity index (χ3n) is 2.87. The van der Waals surface area contributed by atoms with Crippen molar-refractivity contribution in [3.8, 4) is 5.75 Å². The Morgan fingerprint density at radius 2 is 1.82 bits per heavy atom. The molecular formula is C14H17NOS. The number of hydrogen-bond donors (Lipinski definition) is 2. The molecule has 2 atom stereocenters. The maximum absolute atomic E-state index is 9.79. The van der Waals surface area contributed by atoms with Crippen LogP contribution in [0.4, 0.5) is 0 Å². The lowest BCUT2D eigenvalue weighted by atomic mass is 10.1. The molecule has 1 aromatic carbocycles. The van der Waals surface area contributed by atoms with Gasteiger partial charge in [0.25, 0.3) is 0 Å². The Morgan fingerprint density at radius 3 is 2.47 bits per heavy atom. The first-order valence-electron chi connectivity index (χ1n) is 5.76. The number of hydrogen-bond acceptors (Lipinski definition) is 3. The minimum atomic E-state index is 0.133. The third-order valence-corrected chi connectivity index (χ3v) is 3.93. The number of nitrogens with one attached hydrogen (secondary N) is 1. The van der Waals surface area contributed by atoms with Crippen molar-refractivity contribution in [1.82, 2.24) is 5.32 Å². The van der Waals surface area contributed by atoms with Gasteiger partial charge in [0.05, 0.1) is 0 Å². The highest BCUT2D eigenvalue weighted by molar-refractivity contribution is 7.10. The van der Waals surface area contributed by atoms with E-state index in [1.165, 1.54) is 4.88 Å². The summed E-state index contributed by atoms with van der Waals surface area (Å²) in [4.78, 5) is 1.31. The van der Waals surface area contributed by atoms with Crippen LogP contribution in [0.3, 0.4) is 0 Å². The van der Waals surface area contributed by atoms with Gasteiger partial charge in [-0.05, 0) is 31.4 Å². The van der Waals surface area contributed by atoms with E-state index in [4.69, 9.17) is 0 Å². The average Bonchev–Trinajstić information content (AvgIpc) is 2.82. The molecule has 0 saturated carbocycles. The number of para-hydroxylation sites is 1. The molecule has 0 aliphatic heterocycles. The van der Waals surface area contributed by atoms with Crippen molar-refractivity contribution in [2.45, 2.75) is 25.9 Å². The molecule has 90 valence electrons. The first-order chi connectivity index (χ1) is 8.18. The monoisotopic (exact) mass is 247 g/mol. The Balaban J connectivity index is 2.07. The van der Waals surface area contributed by atoms with Gasteiger partial charge >= 0.3 is 0 Å². The van der Waals surface area contributed by atoms with Gasteiger partial charge in [-0.25, -0.2) is 0 Å². The average molecular weight is 247 g/mol. The maximum Gasteiger partial charge on any atom is 0.120 e. The number of thiophene rings is 1. The van der Waals surface area contributed by atoms with Crippen LogP contribution >= 0.6 is 11.3 Å². The van der Waals surface area contributed by atoms with E-state index in [2.05, 4.69) is 36.7 Å². The molecule has 17 heavy (non-hydrogen) atoms. The summed E-state index contributed by atoms with van der Waals surface area (Å²) in [5.41, 5.74) is 0.941. The first kappa shape index (κ1) is 12.1. The second-order valence-electron chi connectivity index (χ2n) is 4.18. The molecule has 1 heterocycles. The van der Waals surface area contributed by atoms with Crippen molar-refractivity contribution in [2.75, 3.05) is 0 Å². The Bertz CT molecular complexity index is 467. The van der Waals surface area contributed by atoms with Crippen LogP contribution in [-0.2, 0) is 0 Å². The van der Waals surface area contributed by atoms with E-state index in [1.807, 2.05) is 18.2 Å². The molecule has 2 nitrogen and oxygen atoms in total. The van der Waals surface area contributed by atoms with Crippen molar-refractivity contribution in [3.63, 3.8) is 0 Å². The standard InChI is InChI=1S/C14H17NOS/c1-10(12-6-3-4-7-13(12)16)15-11(2)14-8-5-9-17-14/h3-11,15-16H,1-2H3. The summed E-state index contributed by atoms with van der Waals surface area (Å²) in [6.45, 7) is 4.21. The zero-order chi connectivity index (χ0) is 12.3. The summed E-state index contributed by atoms with van der Waals surface area (Å²) in [7, 11) is 0. The molecular weight excluding hydrogens is 230 g/mol. The largest absolute Gasteiger partial charge is 0.508 e. The van der Waals surface area contributed by atoms with Gasteiger partial charge in [-0.1, -0.05) is 24.3 Å². The summed E-state index contributed by atoms with van der Waals surface area (Å²) < 4.78 is 0. The summed E-state index contributed by atoms with van der Waals surface area (Å²) in [5, 5.41) is 15.4. The van der Waals surface area contributed by atoms with Crippen LogP contribution in [0.5, 0.6) is 5.75 Å². The zero-order valence-electron chi connectivity index (χ0n) is 10.1. The van der Waals surface area contributed by atoms with E-state index < -0.39 is 0 Å². The Kier molecular flexibility index (Phi) is 3.82. The van der Waals surface area contributed by atoms with Gasteiger partial charge in [-0.3, -0.25) is 0 Å². The van der Waals surface area contributed by atoms with Gasteiger partial charge in [0, 0.05) is 22.5 Å². The molecule has 0 fully saturated rings. The van der Waals surface area contributed by atoms with E-state index in [1.54, 1.807) is 17.4 Å². The van der Waals surface area contributed by atoms with Crippen molar-refractivity contribution >= 4 is 11.3 Å². The number of rotatable bonds is 4. The fraction of sp³-hybridized carbons (Fsp3) is 0.286. The lowest BCUT2D eigenvalue weighted by molar-refractivity contribution is 0.440. The fourth-order valence-corrected chi connectivity index (χ4v) is 2.68. The molecule has 2 rings (SSSR count). The molecule has 0 bridgehead atoms. The first-order valence-corrected chi connectivity index (χ1v) is 6.64. The third kappa shape index (κ3) is 2.87. The quantitative estimate of drug-likeness (QED) is 0.859. The second kappa shape index (κ2) is 5.34. The Labute approximate surface area is 106 Å². The van der Waals surface area contributed by atoms with E-state index in [0.29, 0.717) is 11.8 Å². The summed E-state index contributed by atoms with van der Waals surface area (Å²) in [5.74, 6) is 0.353. The van der Waals surface area contributed by atoms with Crippen LogP contribution in [0.2, 0.25) is 0 Å². The van der Waals surface area contributed by atoms with Crippen LogP contribution in [0.25, 0.3) is 0 Å². The predicted octanol–water partition coefficient (Wildman–Crippen LogP) is 3.87. The number of phenols is 1. The molecule has 2 aromatic rings. The molecule has 3 heteroatoms. The number of phenolic OH excluding ortho intramolecular Hbond substituents is 1. The van der Waals surface area contributed by atoms with Crippen molar-refractivity contribution in [3.05, 3.63) is 52.2 Å². The lowest BCUT2D eigenvalue weighted by Crippen LogP contribution is -2.21. The minimum absolute atomic E-state index is 0.133. The second-order valence-corrected chi connectivity index (χ2v) is 5.16. The molecule has 0 aliphatic carbocycles. The van der Waals surface area contributed by atoms with Gasteiger partial charge < -0.3 is 10.4 Å². The number of aromatic hydroxyl groups is 1. The topological polar surface area (TPSA) is 32.3 Å². The highest BCUT2D eigenvalue weighted by Crippen LogP contribution is 2.27. The van der Waals surface area contributed by atoms with Crippen LogP contribution in [0, 0.1) is 0 Å². The molecule has 0 radical (unpaired) electrons. The van der Waals surface area contributed by atoms with Crippen LogP contribution in [0.15, 0.2) is 41.8 Å². The highest BCUT2D eigenvalue weighted by atomic mass is 32.1. The van der Waals surface area contributed by atoms with Crippen molar-refractivity contribution in [2.24, 2.45) is 0 Å². The summed E-state index contributed by atoms with van der Waals surface area (Å²) in [6, 6.07) is 12.1. The van der Waals surface area contributed by atoms with Crippen LogP contribution < -0.4 is 5.32 Å². The highest BCUT2D eigenvalue weighted by Gasteiger charge is 2.13. The van der Waals surface area contributed by atoms with Gasteiger partial charge in [0.15, 0.2) is 0 Å². The molecule has 0 spiro atoms. The van der Waals surface area contributed by atoms with Gasteiger partial charge in [0.2, 0.25) is 0 Å². The van der Waals surface area contributed by atoms with Crippen molar-refractivity contribution < 1.29 is 5.11 Å². The summed E-state index contributed by atoms with van der Waals surface area (Å²) in [6.07, 6.45) is 0. The van der Waals surface area contributed by atoms with Gasteiger partial charge in [0.1, 0.15) is 5.75 Å². The molecule has 1 aromatic heterocycles. The normalized spacial score (nSPS) is 14.5. The molecule has 0 saturated heterocycles. The lowest BCUT2D eigenvalue weighted by Gasteiger charge is -2.20. The van der Waals surface area contributed by atoms with Crippen LogP contribution in [0.1, 0.15) is 36.4 Å². The zero-order valence-corrected chi connectivity index (χ0v) is 10.9. The molecule has 0 aliphatic rings. The van der Waals surface area contributed by atoms with E-state index in [9.17, 15) is 5.11 Å². The predicted molar refractivity (Wildman–Crippen MR) is 72.4 cm³/mol. The van der Waals surface area contributed by atoms with E-state index in [0.717, 1.165) is 5.56 Å². The van der Waals surface area contributed by atoms with Crippen LogP contribution in [-0.4, -0.2) is 5.11 Å². The number of benzene rings is 1. The molecule has 0 amide bonds. The fourth-order valence-electron chi connectivity index (χ4n) is 1.94. The summed E-state index contributed by atoms with van der Waals surface area (Å²) >= 11 is 1.75. The van der Waals surface area contributed by atoms with E-state index in [-0.39, 0.29) is 6.04 Å². The van der Waals surface area contributed by atoms with Crippen molar-refractivity contribution in [1.29, 1.82) is 0 Å². The van der Waals surface area contributed by atoms with Gasteiger partial charge in [-0.2, -0.15) is 0 Å². The molecule has 2 unspecified atom stereocenters. The molecule has 2 N–H and O–H groups in total. The maximum atomic E-state index is 9.79. The van der Waals surface area contributed by atoms with Gasteiger partial charge in [-0.15, -0.1) is 11.3 Å². The minimum Gasteiger partial charge on any atom is -0.508 e.